The third kappa shape index (κ3) is 3.25. The van der Waals surface area contributed by atoms with Crippen molar-refractivity contribution >= 4 is 5.69 Å². The molecule has 1 N–H and O–H groups in total. The molecule has 0 fully saturated rings. The van der Waals surface area contributed by atoms with Crippen molar-refractivity contribution in [2.75, 3.05) is 5.32 Å². The zero-order valence-corrected chi connectivity index (χ0v) is 9.33. The average molecular weight is 203 g/mol. The summed E-state index contributed by atoms with van der Waals surface area (Å²) in [7, 11) is 0. The second-order valence-corrected chi connectivity index (χ2v) is 3.57. The van der Waals surface area contributed by atoms with Crippen molar-refractivity contribution in [3.05, 3.63) is 24.0 Å². The quantitative estimate of drug-likeness (QED) is 0.800. The van der Waals surface area contributed by atoms with Gasteiger partial charge < -0.3 is 5.32 Å². The van der Waals surface area contributed by atoms with E-state index in [2.05, 4.69) is 30.2 Å². The standard InChI is InChI=1S/C12H17N3/c1-3-5-11(4-2)15-12-9-14-7-6-10(12)8-13/h6-7,9,11,15H,3-5H2,1-2H3. The van der Waals surface area contributed by atoms with E-state index in [4.69, 9.17) is 5.26 Å². The second kappa shape index (κ2) is 6.02. The summed E-state index contributed by atoms with van der Waals surface area (Å²) in [5.74, 6) is 0. The van der Waals surface area contributed by atoms with Gasteiger partial charge in [0.1, 0.15) is 6.07 Å². The lowest BCUT2D eigenvalue weighted by molar-refractivity contribution is 0.622. The Morgan fingerprint density at radius 3 is 2.93 bits per heavy atom. The maximum absolute atomic E-state index is 8.92. The van der Waals surface area contributed by atoms with Crippen LogP contribution < -0.4 is 5.32 Å². The van der Waals surface area contributed by atoms with E-state index in [-0.39, 0.29) is 0 Å². The van der Waals surface area contributed by atoms with Crippen molar-refractivity contribution in [2.45, 2.75) is 39.2 Å². The number of pyridine rings is 1. The largest absolute Gasteiger partial charge is 0.380 e. The maximum Gasteiger partial charge on any atom is 0.101 e. The summed E-state index contributed by atoms with van der Waals surface area (Å²) in [6, 6.07) is 4.34. The number of nitriles is 1. The SMILES string of the molecule is CCCC(CC)Nc1cnccc1C#N. The van der Waals surface area contributed by atoms with Crippen molar-refractivity contribution < 1.29 is 0 Å². The monoisotopic (exact) mass is 203 g/mol. The van der Waals surface area contributed by atoms with Crippen LogP contribution in [0.3, 0.4) is 0 Å². The summed E-state index contributed by atoms with van der Waals surface area (Å²) in [6.07, 6.45) is 6.69. The summed E-state index contributed by atoms with van der Waals surface area (Å²) in [5.41, 5.74) is 1.51. The van der Waals surface area contributed by atoms with Crippen LogP contribution >= 0.6 is 0 Å². The van der Waals surface area contributed by atoms with Crippen LogP contribution in [0, 0.1) is 11.3 Å². The predicted octanol–water partition coefficient (Wildman–Crippen LogP) is 2.94. The number of aromatic nitrogens is 1. The van der Waals surface area contributed by atoms with E-state index in [1.54, 1.807) is 18.5 Å². The number of hydrogen-bond donors (Lipinski definition) is 1. The molecule has 0 spiro atoms. The number of hydrogen-bond acceptors (Lipinski definition) is 3. The van der Waals surface area contributed by atoms with Crippen LogP contribution in [0.1, 0.15) is 38.7 Å². The molecular weight excluding hydrogens is 186 g/mol. The van der Waals surface area contributed by atoms with E-state index in [0.717, 1.165) is 24.9 Å². The van der Waals surface area contributed by atoms with E-state index < -0.39 is 0 Å². The normalized spacial score (nSPS) is 11.8. The van der Waals surface area contributed by atoms with Crippen LogP contribution in [-0.2, 0) is 0 Å². The van der Waals surface area contributed by atoms with Crippen molar-refractivity contribution in [1.29, 1.82) is 5.26 Å². The Kier molecular flexibility index (Phi) is 4.62. The van der Waals surface area contributed by atoms with E-state index in [1.165, 1.54) is 0 Å². The van der Waals surface area contributed by atoms with E-state index >= 15 is 0 Å². The van der Waals surface area contributed by atoms with Gasteiger partial charge in [0.2, 0.25) is 0 Å². The molecule has 0 amide bonds. The van der Waals surface area contributed by atoms with Gasteiger partial charge in [0.05, 0.1) is 17.4 Å². The van der Waals surface area contributed by atoms with Crippen LogP contribution in [0.2, 0.25) is 0 Å². The number of nitrogens with zero attached hydrogens (tertiary/aromatic N) is 2. The highest BCUT2D eigenvalue weighted by Crippen LogP contribution is 2.16. The highest BCUT2D eigenvalue weighted by molar-refractivity contribution is 5.55. The number of anilines is 1. The van der Waals surface area contributed by atoms with Gasteiger partial charge in [-0.3, -0.25) is 4.98 Å². The lowest BCUT2D eigenvalue weighted by Crippen LogP contribution is -2.18. The van der Waals surface area contributed by atoms with Gasteiger partial charge in [0.15, 0.2) is 0 Å². The first-order valence-corrected chi connectivity index (χ1v) is 5.42. The van der Waals surface area contributed by atoms with E-state index in [0.29, 0.717) is 11.6 Å². The van der Waals surface area contributed by atoms with Gasteiger partial charge in [-0.25, -0.2) is 0 Å². The lowest BCUT2D eigenvalue weighted by Gasteiger charge is -2.17. The Balaban J connectivity index is 2.74. The smallest absolute Gasteiger partial charge is 0.101 e. The molecule has 1 unspecified atom stereocenters. The molecule has 1 aromatic rings. The van der Waals surface area contributed by atoms with Crippen molar-refractivity contribution in [1.82, 2.24) is 4.98 Å². The molecule has 1 rings (SSSR count). The van der Waals surface area contributed by atoms with Crippen molar-refractivity contribution in [2.24, 2.45) is 0 Å². The van der Waals surface area contributed by atoms with Gasteiger partial charge in [-0.15, -0.1) is 0 Å². The van der Waals surface area contributed by atoms with Crippen LogP contribution in [0.25, 0.3) is 0 Å². The Morgan fingerprint density at radius 1 is 1.53 bits per heavy atom. The van der Waals surface area contributed by atoms with E-state index in [9.17, 15) is 0 Å². The molecule has 0 saturated carbocycles. The highest BCUT2D eigenvalue weighted by Gasteiger charge is 2.07. The molecule has 0 radical (unpaired) electrons. The van der Waals surface area contributed by atoms with E-state index in [1.807, 2.05) is 0 Å². The third-order valence-corrected chi connectivity index (χ3v) is 2.43. The molecule has 1 aromatic heterocycles. The lowest BCUT2D eigenvalue weighted by atomic mass is 10.1. The second-order valence-electron chi connectivity index (χ2n) is 3.57. The summed E-state index contributed by atoms with van der Waals surface area (Å²) in [4.78, 5) is 4.03. The molecule has 15 heavy (non-hydrogen) atoms. The minimum atomic E-state index is 0.436. The zero-order valence-electron chi connectivity index (χ0n) is 9.33. The molecule has 1 heterocycles. The summed E-state index contributed by atoms with van der Waals surface area (Å²) >= 11 is 0. The van der Waals surface area contributed by atoms with Crippen LogP contribution in [0.5, 0.6) is 0 Å². The molecule has 0 aliphatic heterocycles. The molecule has 0 aliphatic carbocycles. The van der Waals surface area contributed by atoms with Crippen LogP contribution in [-0.4, -0.2) is 11.0 Å². The first kappa shape index (κ1) is 11.5. The Labute approximate surface area is 91.1 Å². The molecule has 0 saturated heterocycles. The molecule has 80 valence electrons. The molecular formula is C12H17N3. The summed E-state index contributed by atoms with van der Waals surface area (Å²) in [5, 5.41) is 12.3. The Hall–Kier alpha value is -1.56. The Bertz CT molecular complexity index is 341. The fourth-order valence-corrected chi connectivity index (χ4v) is 1.55. The molecule has 3 nitrogen and oxygen atoms in total. The first-order valence-electron chi connectivity index (χ1n) is 5.42. The van der Waals surface area contributed by atoms with Crippen LogP contribution in [0.15, 0.2) is 18.5 Å². The maximum atomic E-state index is 8.92. The number of rotatable bonds is 5. The minimum absolute atomic E-state index is 0.436. The fraction of sp³-hybridized carbons (Fsp3) is 0.500. The third-order valence-electron chi connectivity index (χ3n) is 2.43. The molecule has 1 atom stereocenters. The fourth-order valence-electron chi connectivity index (χ4n) is 1.55. The first-order chi connectivity index (χ1) is 7.31. The molecule has 0 aliphatic rings. The summed E-state index contributed by atoms with van der Waals surface area (Å²) < 4.78 is 0. The van der Waals surface area contributed by atoms with Gasteiger partial charge in [-0.1, -0.05) is 20.3 Å². The summed E-state index contributed by atoms with van der Waals surface area (Å²) in [6.45, 7) is 4.31. The molecule has 3 heteroatoms. The van der Waals surface area contributed by atoms with Gasteiger partial charge in [0.25, 0.3) is 0 Å². The average Bonchev–Trinajstić information content (AvgIpc) is 2.29. The predicted molar refractivity (Wildman–Crippen MR) is 61.6 cm³/mol. The minimum Gasteiger partial charge on any atom is -0.380 e. The van der Waals surface area contributed by atoms with Crippen molar-refractivity contribution in [3.8, 4) is 6.07 Å². The molecule has 0 aromatic carbocycles. The molecule has 0 bridgehead atoms. The van der Waals surface area contributed by atoms with Gasteiger partial charge in [0, 0.05) is 12.2 Å². The zero-order chi connectivity index (χ0) is 11.1. The van der Waals surface area contributed by atoms with Crippen LogP contribution in [0.4, 0.5) is 5.69 Å². The Morgan fingerprint density at radius 2 is 2.33 bits per heavy atom. The highest BCUT2D eigenvalue weighted by atomic mass is 14.9. The topological polar surface area (TPSA) is 48.7 Å². The van der Waals surface area contributed by atoms with Gasteiger partial charge in [-0.05, 0) is 18.9 Å². The van der Waals surface area contributed by atoms with Gasteiger partial charge in [-0.2, -0.15) is 5.26 Å². The number of nitrogens with one attached hydrogen (secondary N) is 1. The van der Waals surface area contributed by atoms with Crippen molar-refractivity contribution in [3.63, 3.8) is 0 Å². The van der Waals surface area contributed by atoms with Gasteiger partial charge >= 0.3 is 0 Å².